The van der Waals surface area contributed by atoms with Crippen molar-refractivity contribution in [3.63, 3.8) is 0 Å². The summed E-state index contributed by atoms with van der Waals surface area (Å²) in [5.74, 6) is 1.73. The zero-order chi connectivity index (χ0) is 34.6. The Hall–Kier alpha value is -7.36. The van der Waals surface area contributed by atoms with Crippen molar-refractivity contribution in [2.75, 3.05) is 0 Å². The Morgan fingerprint density at radius 2 is 0.846 bits per heavy atom. The molecule has 52 heavy (non-hydrogen) atoms. The van der Waals surface area contributed by atoms with E-state index in [-0.39, 0.29) is 0 Å². The lowest BCUT2D eigenvalue weighted by Gasteiger charge is -2.13. The summed E-state index contributed by atoms with van der Waals surface area (Å²) in [7, 11) is 0. The number of hydrogen-bond donors (Lipinski definition) is 0. The molecule has 0 atom stereocenters. The molecule has 0 spiro atoms. The van der Waals surface area contributed by atoms with E-state index in [1.165, 1.54) is 0 Å². The predicted molar refractivity (Wildman–Crippen MR) is 211 cm³/mol. The van der Waals surface area contributed by atoms with Gasteiger partial charge in [0.15, 0.2) is 17.3 Å². The molecule has 0 saturated carbocycles. The molecule has 10 rings (SSSR count). The van der Waals surface area contributed by atoms with Gasteiger partial charge in [-0.2, -0.15) is 9.97 Å². The third kappa shape index (κ3) is 4.68. The van der Waals surface area contributed by atoms with Gasteiger partial charge in [-0.1, -0.05) is 146 Å². The van der Waals surface area contributed by atoms with Gasteiger partial charge in [0.1, 0.15) is 0 Å². The molecule has 0 saturated heterocycles. The highest BCUT2D eigenvalue weighted by Crippen LogP contribution is 2.41. The van der Waals surface area contributed by atoms with Gasteiger partial charge in [-0.05, 0) is 35.4 Å². The van der Waals surface area contributed by atoms with Crippen LogP contribution in [0.15, 0.2) is 170 Å². The van der Waals surface area contributed by atoms with Crippen LogP contribution in [-0.2, 0) is 0 Å². The normalized spacial score (nSPS) is 11.4. The molecule has 0 radical (unpaired) electrons. The molecule has 3 heterocycles. The quantitative estimate of drug-likeness (QED) is 0.172. The van der Waals surface area contributed by atoms with E-state index in [9.17, 15) is 0 Å². The molecule has 0 aliphatic heterocycles. The number of benzene rings is 7. The van der Waals surface area contributed by atoms with Crippen LogP contribution in [0.3, 0.4) is 0 Å². The smallest absolute Gasteiger partial charge is 0.238 e. The first kappa shape index (κ1) is 29.5. The van der Waals surface area contributed by atoms with E-state index >= 15 is 0 Å². The molecule has 0 N–H and O–H groups in total. The van der Waals surface area contributed by atoms with Gasteiger partial charge < -0.3 is 4.57 Å². The lowest BCUT2D eigenvalue weighted by molar-refractivity contribution is 0.953. The van der Waals surface area contributed by atoms with Crippen molar-refractivity contribution >= 4 is 49.3 Å². The second-order valence-electron chi connectivity index (χ2n) is 12.8. The first-order valence-corrected chi connectivity index (χ1v) is 17.2. The van der Waals surface area contributed by atoms with Crippen LogP contribution in [0.5, 0.6) is 0 Å². The molecular formula is C46H28N6. The van der Waals surface area contributed by atoms with Crippen LogP contribution in [0.4, 0.5) is 5.69 Å². The molecule has 6 heteroatoms. The number of aromatic nitrogens is 5. The van der Waals surface area contributed by atoms with Crippen molar-refractivity contribution < 1.29 is 0 Å². The van der Waals surface area contributed by atoms with Crippen LogP contribution in [0.1, 0.15) is 0 Å². The minimum Gasteiger partial charge on any atom is -0.307 e. The standard InChI is InChI=1S/C46H28N6/c1-47-34-24-26-35(27-25-34)51-40-18-10-8-16-36(40)38-28-29-39-37-17-9-11-19-41(37)52(43(39)42(38)51)46-49-44(32-14-6-3-7-15-32)48-45(50-46)33-22-20-31(21-23-33)30-12-4-2-5-13-30/h2-29H. The van der Waals surface area contributed by atoms with Gasteiger partial charge >= 0.3 is 0 Å². The monoisotopic (exact) mass is 664 g/mol. The number of rotatable bonds is 5. The van der Waals surface area contributed by atoms with Crippen molar-refractivity contribution in [3.8, 4) is 45.5 Å². The molecule has 3 aromatic heterocycles. The molecular weight excluding hydrogens is 637 g/mol. The lowest BCUT2D eigenvalue weighted by atomic mass is 10.0. The molecule has 6 nitrogen and oxygen atoms in total. The van der Waals surface area contributed by atoms with Crippen LogP contribution < -0.4 is 0 Å². The number of nitrogens with zero attached hydrogens (tertiary/aromatic N) is 6. The van der Waals surface area contributed by atoms with E-state index in [2.05, 4.69) is 123 Å². The van der Waals surface area contributed by atoms with Gasteiger partial charge in [0, 0.05) is 38.4 Å². The van der Waals surface area contributed by atoms with E-state index < -0.39 is 0 Å². The highest BCUT2D eigenvalue weighted by atomic mass is 15.2. The summed E-state index contributed by atoms with van der Waals surface area (Å²) in [6.07, 6.45) is 0. The van der Waals surface area contributed by atoms with E-state index in [1.54, 1.807) is 0 Å². The van der Waals surface area contributed by atoms with Gasteiger partial charge in [0.2, 0.25) is 5.95 Å². The maximum atomic E-state index is 7.55. The van der Waals surface area contributed by atoms with Gasteiger partial charge in [0.05, 0.1) is 28.6 Å². The number of hydrogen-bond acceptors (Lipinski definition) is 3. The minimum absolute atomic E-state index is 0.537. The third-order valence-corrected chi connectivity index (χ3v) is 9.81. The van der Waals surface area contributed by atoms with Crippen LogP contribution in [0.2, 0.25) is 0 Å². The molecule has 0 bridgehead atoms. The second kappa shape index (κ2) is 11.9. The molecule has 0 unspecified atom stereocenters. The van der Waals surface area contributed by atoms with Crippen LogP contribution in [0.25, 0.3) is 94.0 Å². The molecule has 0 aliphatic carbocycles. The molecule has 10 aromatic rings. The minimum atomic E-state index is 0.537. The summed E-state index contributed by atoms with van der Waals surface area (Å²) in [4.78, 5) is 19.2. The Morgan fingerprint density at radius 1 is 0.385 bits per heavy atom. The Balaban J connectivity index is 1.30. The summed E-state index contributed by atoms with van der Waals surface area (Å²) >= 11 is 0. The van der Waals surface area contributed by atoms with Gasteiger partial charge in [0.25, 0.3) is 0 Å². The van der Waals surface area contributed by atoms with Crippen molar-refractivity contribution in [1.29, 1.82) is 0 Å². The van der Waals surface area contributed by atoms with Gasteiger partial charge in [-0.3, -0.25) is 4.57 Å². The van der Waals surface area contributed by atoms with Crippen molar-refractivity contribution in [2.24, 2.45) is 0 Å². The first-order valence-electron chi connectivity index (χ1n) is 17.2. The fourth-order valence-electron chi connectivity index (χ4n) is 7.41. The van der Waals surface area contributed by atoms with Crippen molar-refractivity contribution in [1.82, 2.24) is 24.1 Å². The number of fused-ring (bicyclic) bond motifs is 7. The molecule has 0 aliphatic rings. The van der Waals surface area contributed by atoms with Crippen LogP contribution >= 0.6 is 0 Å². The molecule has 7 aromatic carbocycles. The summed E-state index contributed by atoms with van der Waals surface area (Å²) in [6.45, 7) is 7.55. The van der Waals surface area contributed by atoms with E-state index in [0.717, 1.165) is 71.6 Å². The van der Waals surface area contributed by atoms with E-state index in [0.29, 0.717) is 23.3 Å². The Bertz CT molecular complexity index is 2990. The Labute approximate surface area is 299 Å². The maximum absolute atomic E-state index is 7.55. The van der Waals surface area contributed by atoms with Gasteiger partial charge in [-0.15, -0.1) is 0 Å². The zero-order valence-corrected chi connectivity index (χ0v) is 27.8. The molecule has 242 valence electrons. The Morgan fingerprint density at radius 3 is 1.44 bits per heavy atom. The summed E-state index contributed by atoms with van der Waals surface area (Å²) in [5, 5.41) is 4.47. The van der Waals surface area contributed by atoms with E-state index in [4.69, 9.17) is 21.5 Å². The molecule has 0 amide bonds. The second-order valence-corrected chi connectivity index (χ2v) is 12.8. The Kier molecular flexibility index (Phi) is 6.76. The fraction of sp³-hybridized carbons (Fsp3) is 0. The first-order chi connectivity index (χ1) is 25.7. The van der Waals surface area contributed by atoms with Crippen molar-refractivity contribution in [3.05, 3.63) is 181 Å². The van der Waals surface area contributed by atoms with Crippen molar-refractivity contribution in [2.45, 2.75) is 0 Å². The topological polar surface area (TPSA) is 52.9 Å². The fourth-order valence-corrected chi connectivity index (χ4v) is 7.41. The highest BCUT2D eigenvalue weighted by molar-refractivity contribution is 6.23. The summed E-state index contributed by atoms with van der Waals surface area (Å²) in [5.41, 5.74) is 9.80. The number of para-hydroxylation sites is 2. The van der Waals surface area contributed by atoms with Gasteiger partial charge in [-0.25, -0.2) is 9.83 Å². The van der Waals surface area contributed by atoms with Crippen LogP contribution in [-0.4, -0.2) is 24.1 Å². The SMILES string of the molecule is [C-]#[N+]c1ccc(-n2c3ccccc3c3ccc4c5ccccc5n(-c5nc(-c6ccccc6)nc(-c6ccc(-c7ccccc7)cc6)n5)c4c32)cc1. The summed E-state index contributed by atoms with van der Waals surface area (Å²) < 4.78 is 4.50. The van der Waals surface area contributed by atoms with Crippen LogP contribution in [0, 0.1) is 6.57 Å². The van der Waals surface area contributed by atoms with E-state index in [1.807, 2.05) is 60.7 Å². The average molecular weight is 665 g/mol. The average Bonchev–Trinajstić information content (AvgIpc) is 3.75. The highest BCUT2D eigenvalue weighted by Gasteiger charge is 2.23. The third-order valence-electron chi connectivity index (χ3n) is 9.81. The predicted octanol–water partition coefficient (Wildman–Crippen LogP) is 11.6. The summed E-state index contributed by atoms with van der Waals surface area (Å²) in [6, 6.07) is 58.1. The largest absolute Gasteiger partial charge is 0.307 e. The maximum Gasteiger partial charge on any atom is 0.238 e. The zero-order valence-electron chi connectivity index (χ0n) is 27.8. The molecule has 0 fully saturated rings. The lowest BCUT2D eigenvalue weighted by Crippen LogP contribution is -2.07.